The van der Waals surface area contributed by atoms with Gasteiger partial charge in [-0.05, 0) is 71.2 Å². The highest BCUT2D eigenvalue weighted by Gasteiger charge is 2.36. The molecule has 0 radical (unpaired) electrons. The van der Waals surface area contributed by atoms with E-state index in [9.17, 15) is 4.79 Å². The minimum absolute atomic E-state index is 0.140. The smallest absolute Gasteiger partial charge is 0.220 e. The lowest BCUT2D eigenvalue weighted by molar-refractivity contribution is 0.332. The van der Waals surface area contributed by atoms with Crippen LogP contribution in [0.15, 0.2) is 47.3 Å². The van der Waals surface area contributed by atoms with Gasteiger partial charge in [0.25, 0.3) is 0 Å². The van der Waals surface area contributed by atoms with Crippen LogP contribution in [0, 0.1) is 11.8 Å². The largest absolute Gasteiger partial charge is 0.493 e. The van der Waals surface area contributed by atoms with Crippen LogP contribution in [-0.2, 0) is 10.8 Å². The average molecular weight is 346 g/mol. The van der Waals surface area contributed by atoms with E-state index in [1.54, 1.807) is 12.1 Å². The van der Waals surface area contributed by atoms with E-state index in [1.165, 1.54) is 37.1 Å². The van der Waals surface area contributed by atoms with Crippen LogP contribution in [0.1, 0.15) is 62.8 Å². The van der Waals surface area contributed by atoms with Crippen molar-refractivity contribution in [3.05, 3.63) is 74.9 Å². The summed E-state index contributed by atoms with van der Waals surface area (Å²) < 4.78 is 5.07. The van der Waals surface area contributed by atoms with Crippen LogP contribution >= 0.6 is 0 Å². The van der Waals surface area contributed by atoms with Crippen LogP contribution in [0.25, 0.3) is 0 Å². The summed E-state index contributed by atoms with van der Waals surface area (Å²) in [5.41, 5.74) is 4.89. The molecule has 0 amide bonds. The molecule has 0 atom stereocenters. The Balaban J connectivity index is 2.00. The first-order chi connectivity index (χ1) is 12.2. The highest BCUT2D eigenvalue weighted by molar-refractivity contribution is 5.50. The van der Waals surface area contributed by atoms with Gasteiger partial charge in [-0.25, -0.2) is 0 Å². The summed E-state index contributed by atoms with van der Waals surface area (Å²) in [5.74, 6) is 6.75. The predicted molar refractivity (Wildman–Crippen MR) is 107 cm³/mol. The van der Waals surface area contributed by atoms with Crippen molar-refractivity contribution in [3.63, 3.8) is 0 Å². The lowest BCUT2D eigenvalue weighted by Gasteiger charge is -2.41. The number of hydrogen-bond acceptors (Lipinski definition) is 2. The maximum absolute atomic E-state index is 11.8. The highest BCUT2D eigenvalue weighted by atomic mass is 16.5. The normalized spacial score (nSPS) is 16.8. The zero-order chi connectivity index (χ0) is 18.9. The fraction of sp³-hybridized carbons (Fsp3) is 0.375. The molecule has 1 aliphatic carbocycles. The fourth-order valence-corrected chi connectivity index (χ4v) is 3.61. The molecule has 0 heterocycles. The lowest BCUT2D eigenvalue weighted by Crippen LogP contribution is -2.33. The molecule has 1 aliphatic rings. The third-order valence-electron chi connectivity index (χ3n) is 5.50. The maximum atomic E-state index is 11.8. The Morgan fingerprint density at radius 3 is 2.08 bits per heavy atom. The standard InChI is InChI=1S/C24H26O2/c1-23(2)14-15-24(3,4)20-16-18(8-11-19(20)23)7-6-17-9-12-21(25)22(26-5)13-10-17/h8-13,16H,14-15H2,1-5H3. The Morgan fingerprint density at radius 2 is 1.38 bits per heavy atom. The number of benzene rings is 1. The van der Waals surface area contributed by atoms with Gasteiger partial charge in [-0.1, -0.05) is 45.6 Å². The van der Waals surface area contributed by atoms with Gasteiger partial charge < -0.3 is 4.74 Å². The van der Waals surface area contributed by atoms with Crippen LogP contribution in [0.5, 0.6) is 5.75 Å². The topological polar surface area (TPSA) is 26.3 Å². The minimum atomic E-state index is -0.140. The molecule has 3 rings (SSSR count). The lowest BCUT2D eigenvalue weighted by atomic mass is 9.63. The van der Waals surface area contributed by atoms with Gasteiger partial charge in [0.2, 0.25) is 5.43 Å². The van der Waals surface area contributed by atoms with Crippen molar-refractivity contribution < 1.29 is 4.74 Å². The first kappa shape index (κ1) is 18.3. The molecule has 134 valence electrons. The molecule has 0 saturated heterocycles. The van der Waals surface area contributed by atoms with Gasteiger partial charge in [0.15, 0.2) is 5.75 Å². The maximum Gasteiger partial charge on any atom is 0.220 e. The van der Waals surface area contributed by atoms with E-state index in [0.717, 1.165) is 11.1 Å². The first-order valence-electron chi connectivity index (χ1n) is 9.08. The van der Waals surface area contributed by atoms with Gasteiger partial charge in [-0.2, -0.15) is 0 Å². The molecule has 0 fully saturated rings. The Hall–Kier alpha value is -2.53. The average Bonchev–Trinajstić information content (AvgIpc) is 2.78. The molecule has 2 aromatic rings. The van der Waals surface area contributed by atoms with Crippen LogP contribution < -0.4 is 10.2 Å². The van der Waals surface area contributed by atoms with Gasteiger partial charge in [-0.15, -0.1) is 0 Å². The summed E-state index contributed by atoms with van der Waals surface area (Å²) >= 11 is 0. The number of methoxy groups -OCH3 is 1. The molecule has 26 heavy (non-hydrogen) atoms. The number of hydrogen-bond donors (Lipinski definition) is 0. The van der Waals surface area contributed by atoms with E-state index < -0.39 is 0 Å². The Labute approximate surface area is 156 Å². The van der Waals surface area contributed by atoms with Crippen molar-refractivity contribution in [2.24, 2.45) is 0 Å². The van der Waals surface area contributed by atoms with E-state index in [2.05, 4.69) is 57.7 Å². The quantitative estimate of drug-likeness (QED) is 0.693. The van der Waals surface area contributed by atoms with Gasteiger partial charge in [0.05, 0.1) is 7.11 Å². The molecule has 2 heteroatoms. The molecule has 2 nitrogen and oxygen atoms in total. The zero-order valence-electron chi connectivity index (χ0n) is 16.3. The van der Waals surface area contributed by atoms with Gasteiger partial charge in [0.1, 0.15) is 0 Å². The minimum Gasteiger partial charge on any atom is -0.493 e. The van der Waals surface area contributed by atoms with Crippen LogP contribution in [0.2, 0.25) is 0 Å². The summed E-state index contributed by atoms with van der Waals surface area (Å²) in [7, 11) is 1.50. The van der Waals surface area contributed by atoms with Crippen molar-refractivity contribution in [3.8, 4) is 17.6 Å². The molecule has 0 saturated carbocycles. The zero-order valence-corrected chi connectivity index (χ0v) is 16.3. The molecular formula is C24H26O2. The van der Waals surface area contributed by atoms with Gasteiger partial charge in [-0.3, -0.25) is 4.79 Å². The molecule has 0 spiro atoms. The second-order valence-electron chi connectivity index (χ2n) is 8.33. The second kappa shape index (κ2) is 6.65. The molecule has 0 aromatic heterocycles. The van der Waals surface area contributed by atoms with Crippen LogP contribution in [-0.4, -0.2) is 7.11 Å². The van der Waals surface area contributed by atoms with Crippen molar-refractivity contribution in [1.82, 2.24) is 0 Å². The second-order valence-corrected chi connectivity index (χ2v) is 8.33. The molecular weight excluding hydrogens is 320 g/mol. The van der Waals surface area contributed by atoms with Gasteiger partial charge in [0, 0.05) is 11.1 Å². The van der Waals surface area contributed by atoms with Crippen molar-refractivity contribution >= 4 is 0 Å². The Morgan fingerprint density at radius 1 is 0.808 bits per heavy atom. The van der Waals surface area contributed by atoms with E-state index >= 15 is 0 Å². The van der Waals surface area contributed by atoms with Crippen LogP contribution in [0.3, 0.4) is 0 Å². The molecule has 0 bridgehead atoms. The molecule has 0 unspecified atom stereocenters. The summed E-state index contributed by atoms with van der Waals surface area (Å²) in [6, 6.07) is 13.3. The third kappa shape index (κ3) is 3.53. The third-order valence-corrected chi connectivity index (χ3v) is 5.50. The predicted octanol–water partition coefficient (Wildman–Crippen LogP) is 4.80. The summed E-state index contributed by atoms with van der Waals surface area (Å²) in [6.45, 7) is 9.28. The molecule has 2 aromatic carbocycles. The monoisotopic (exact) mass is 346 g/mol. The molecule has 0 aliphatic heterocycles. The summed E-state index contributed by atoms with van der Waals surface area (Å²) in [5, 5.41) is 0. The molecule has 0 N–H and O–H groups in total. The summed E-state index contributed by atoms with van der Waals surface area (Å²) in [6.07, 6.45) is 2.39. The van der Waals surface area contributed by atoms with Gasteiger partial charge >= 0.3 is 0 Å². The van der Waals surface area contributed by atoms with E-state index in [0.29, 0.717) is 5.75 Å². The number of rotatable bonds is 1. The van der Waals surface area contributed by atoms with E-state index in [1.807, 2.05) is 6.07 Å². The first-order valence-corrected chi connectivity index (χ1v) is 9.08. The Bertz CT molecular complexity index is 956. The highest BCUT2D eigenvalue weighted by Crippen LogP contribution is 2.45. The number of ether oxygens (including phenoxy) is 1. The Kier molecular flexibility index (Phi) is 4.67. The van der Waals surface area contributed by atoms with E-state index in [4.69, 9.17) is 4.74 Å². The van der Waals surface area contributed by atoms with Crippen LogP contribution in [0.4, 0.5) is 0 Å². The fourth-order valence-electron chi connectivity index (χ4n) is 3.61. The van der Waals surface area contributed by atoms with Crippen molar-refractivity contribution in [1.29, 1.82) is 0 Å². The van der Waals surface area contributed by atoms with Crippen molar-refractivity contribution in [2.75, 3.05) is 7.11 Å². The SMILES string of the molecule is COc1ccc(C#Cc2ccc3c(c2)C(C)(C)CCC3(C)C)ccc1=O. The van der Waals surface area contributed by atoms with Crippen molar-refractivity contribution in [2.45, 2.75) is 51.4 Å². The van der Waals surface area contributed by atoms with E-state index in [-0.39, 0.29) is 16.3 Å². The number of fused-ring (bicyclic) bond motifs is 1. The summed E-state index contributed by atoms with van der Waals surface area (Å²) in [4.78, 5) is 11.8.